The van der Waals surface area contributed by atoms with Gasteiger partial charge in [0.25, 0.3) is 0 Å². The third-order valence-electron chi connectivity index (χ3n) is 5.58. The van der Waals surface area contributed by atoms with Gasteiger partial charge in [0.2, 0.25) is 15.9 Å². The molecule has 0 aliphatic heterocycles. The van der Waals surface area contributed by atoms with E-state index in [4.69, 9.17) is 0 Å². The molecule has 1 amide bonds. The van der Waals surface area contributed by atoms with E-state index in [-0.39, 0.29) is 22.1 Å². The van der Waals surface area contributed by atoms with Crippen LogP contribution in [0.5, 0.6) is 0 Å². The molecule has 0 saturated heterocycles. The van der Waals surface area contributed by atoms with Crippen molar-refractivity contribution in [3.63, 3.8) is 0 Å². The number of carbonyl (C=O) groups excluding carboxylic acids is 1. The zero-order valence-corrected chi connectivity index (χ0v) is 17.2. The molecule has 1 aliphatic carbocycles. The number of amides is 1. The summed E-state index contributed by atoms with van der Waals surface area (Å²) < 4.78 is 27.9. The van der Waals surface area contributed by atoms with E-state index in [1.54, 1.807) is 18.2 Å². The van der Waals surface area contributed by atoms with Gasteiger partial charge in [-0.25, -0.2) is 8.42 Å². The number of rotatable bonds is 8. The lowest BCUT2D eigenvalue weighted by atomic mass is 9.64. The molecule has 1 fully saturated rings. The van der Waals surface area contributed by atoms with Gasteiger partial charge in [-0.1, -0.05) is 68.8 Å². The Balaban J connectivity index is 1.70. The lowest BCUT2D eigenvalue weighted by Gasteiger charge is -2.43. The number of carbonyl (C=O) groups is 1. The highest BCUT2D eigenvalue weighted by molar-refractivity contribution is 7.89. The molecule has 150 valence electrons. The molecule has 2 aromatic rings. The van der Waals surface area contributed by atoms with Gasteiger partial charge < -0.3 is 5.32 Å². The number of hydrogen-bond acceptors (Lipinski definition) is 3. The molecule has 1 atom stereocenters. The van der Waals surface area contributed by atoms with Gasteiger partial charge >= 0.3 is 0 Å². The Morgan fingerprint density at radius 2 is 1.57 bits per heavy atom. The summed E-state index contributed by atoms with van der Waals surface area (Å²) in [5.41, 5.74) is 1.18. The third-order valence-corrected chi connectivity index (χ3v) is 7.04. The predicted octanol–water partition coefficient (Wildman–Crippen LogP) is 3.23. The highest BCUT2D eigenvalue weighted by Gasteiger charge is 2.39. The quantitative estimate of drug-likeness (QED) is 0.714. The number of hydrogen-bond donors (Lipinski definition) is 2. The summed E-state index contributed by atoms with van der Waals surface area (Å²) in [7, 11) is -3.76. The van der Waals surface area contributed by atoms with Gasteiger partial charge in [-0.15, -0.1) is 0 Å². The first-order valence-electron chi connectivity index (χ1n) is 9.75. The molecule has 28 heavy (non-hydrogen) atoms. The van der Waals surface area contributed by atoms with Crippen LogP contribution in [0.15, 0.2) is 65.6 Å². The Morgan fingerprint density at radius 1 is 1.00 bits per heavy atom. The van der Waals surface area contributed by atoms with E-state index < -0.39 is 16.1 Å². The van der Waals surface area contributed by atoms with Gasteiger partial charge in [0.15, 0.2) is 0 Å². The summed E-state index contributed by atoms with van der Waals surface area (Å²) in [5.74, 6) is -0.454. The monoisotopic (exact) mass is 400 g/mol. The van der Waals surface area contributed by atoms with Crippen molar-refractivity contribution in [2.75, 3.05) is 6.54 Å². The molecule has 0 radical (unpaired) electrons. The number of nitrogens with one attached hydrogen (secondary N) is 2. The molecule has 5 nitrogen and oxygen atoms in total. The van der Waals surface area contributed by atoms with Crippen molar-refractivity contribution in [3.05, 3.63) is 66.2 Å². The van der Waals surface area contributed by atoms with Gasteiger partial charge in [0.05, 0.1) is 4.90 Å². The molecule has 2 aromatic carbocycles. The van der Waals surface area contributed by atoms with Gasteiger partial charge in [-0.3, -0.25) is 4.79 Å². The van der Waals surface area contributed by atoms with E-state index in [0.29, 0.717) is 6.54 Å². The Bertz CT molecular complexity index is 892. The van der Waals surface area contributed by atoms with Crippen LogP contribution in [0.2, 0.25) is 0 Å². The standard InChI is InChI=1S/C22H28N2O3S/c1-17(2)20(24-28(26,27)19-12-7-4-8-13-19)21(25)23-16-22(14-9-15-22)18-10-5-3-6-11-18/h3-8,10-13,17,20,24H,9,14-16H2,1-2H3,(H,23,25)/t20-/m0/s1. The minimum absolute atomic E-state index is 0.0449. The normalized spacial score (nSPS) is 17.0. The maximum atomic E-state index is 12.9. The molecular formula is C22H28N2O3S. The van der Waals surface area contributed by atoms with Crippen molar-refractivity contribution in [2.45, 2.75) is 49.5 Å². The minimum atomic E-state index is -3.76. The maximum Gasteiger partial charge on any atom is 0.241 e. The highest BCUT2D eigenvalue weighted by Crippen LogP contribution is 2.43. The van der Waals surface area contributed by atoms with Crippen molar-refractivity contribution >= 4 is 15.9 Å². The summed E-state index contributed by atoms with van der Waals surface area (Å²) in [6, 6.07) is 17.5. The SMILES string of the molecule is CC(C)[C@H](NS(=O)(=O)c1ccccc1)C(=O)NCC1(c2ccccc2)CCC1. The Hall–Kier alpha value is -2.18. The van der Waals surface area contributed by atoms with Crippen LogP contribution in [0.3, 0.4) is 0 Å². The van der Waals surface area contributed by atoms with E-state index in [1.807, 2.05) is 32.0 Å². The molecule has 0 aromatic heterocycles. The topological polar surface area (TPSA) is 75.3 Å². The van der Waals surface area contributed by atoms with Crippen molar-refractivity contribution in [2.24, 2.45) is 5.92 Å². The fourth-order valence-corrected chi connectivity index (χ4v) is 5.02. The van der Waals surface area contributed by atoms with Gasteiger partial charge in [-0.05, 0) is 36.5 Å². The second-order valence-electron chi connectivity index (χ2n) is 7.87. The van der Waals surface area contributed by atoms with Crippen LogP contribution in [0, 0.1) is 5.92 Å². The molecule has 0 spiro atoms. The minimum Gasteiger partial charge on any atom is -0.354 e. The molecule has 2 N–H and O–H groups in total. The van der Waals surface area contributed by atoms with Gasteiger partial charge in [0.1, 0.15) is 6.04 Å². The van der Waals surface area contributed by atoms with Gasteiger partial charge in [-0.2, -0.15) is 4.72 Å². The van der Waals surface area contributed by atoms with E-state index in [9.17, 15) is 13.2 Å². The molecule has 1 saturated carbocycles. The molecule has 6 heteroatoms. The molecule has 0 bridgehead atoms. The van der Waals surface area contributed by atoms with Crippen molar-refractivity contribution < 1.29 is 13.2 Å². The van der Waals surface area contributed by atoms with Crippen molar-refractivity contribution in [3.8, 4) is 0 Å². The van der Waals surface area contributed by atoms with Crippen LogP contribution in [0.1, 0.15) is 38.7 Å². The molecular weight excluding hydrogens is 372 g/mol. The Morgan fingerprint density at radius 3 is 2.07 bits per heavy atom. The molecule has 3 rings (SSSR count). The van der Waals surface area contributed by atoms with Crippen LogP contribution in [0.4, 0.5) is 0 Å². The summed E-state index contributed by atoms with van der Waals surface area (Å²) in [5, 5.41) is 3.01. The third kappa shape index (κ3) is 4.45. The average molecular weight is 401 g/mol. The van der Waals surface area contributed by atoms with Crippen LogP contribution in [0.25, 0.3) is 0 Å². The average Bonchev–Trinajstić information content (AvgIpc) is 2.66. The van der Waals surface area contributed by atoms with Crippen LogP contribution in [-0.2, 0) is 20.2 Å². The van der Waals surface area contributed by atoms with Gasteiger partial charge in [0, 0.05) is 12.0 Å². The smallest absolute Gasteiger partial charge is 0.241 e. The zero-order chi connectivity index (χ0) is 20.2. The maximum absolute atomic E-state index is 12.9. The largest absolute Gasteiger partial charge is 0.354 e. The van der Waals surface area contributed by atoms with E-state index in [2.05, 4.69) is 22.2 Å². The molecule has 0 unspecified atom stereocenters. The summed E-state index contributed by atoms with van der Waals surface area (Å²) in [6.45, 7) is 4.20. The second-order valence-corrected chi connectivity index (χ2v) is 9.59. The summed E-state index contributed by atoms with van der Waals surface area (Å²) >= 11 is 0. The lowest BCUT2D eigenvalue weighted by Crippen LogP contribution is -2.53. The van der Waals surface area contributed by atoms with Crippen molar-refractivity contribution in [1.82, 2.24) is 10.0 Å². The Labute approximate surface area is 167 Å². The summed E-state index contributed by atoms with van der Waals surface area (Å²) in [6.07, 6.45) is 3.19. The number of benzene rings is 2. The fraction of sp³-hybridized carbons (Fsp3) is 0.409. The summed E-state index contributed by atoms with van der Waals surface area (Å²) in [4.78, 5) is 13.0. The first-order valence-corrected chi connectivity index (χ1v) is 11.2. The first-order chi connectivity index (χ1) is 13.3. The highest BCUT2D eigenvalue weighted by atomic mass is 32.2. The van der Waals surface area contributed by atoms with Crippen LogP contribution in [-0.4, -0.2) is 26.9 Å². The molecule has 1 aliphatic rings. The van der Waals surface area contributed by atoms with E-state index >= 15 is 0 Å². The fourth-order valence-electron chi connectivity index (χ4n) is 3.66. The van der Waals surface area contributed by atoms with Crippen molar-refractivity contribution in [1.29, 1.82) is 0 Å². The first kappa shape index (κ1) is 20.6. The van der Waals surface area contributed by atoms with E-state index in [0.717, 1.165) is 19.3 Å². The van der Waals surface area contributed by atoms with Crippen LogP contribution >= 0.6 is 0 Å². The van der Waals surface area contributed by atoms with Crippen LogP contribution < -0.4 is 10.0 Å². The number of sulfonamides is 1. The predicted molar refractivity (Wildman–Crippen MR) is 110 cm³/mol. The second kappa shape index (κ2) is 8.45. The molecule has 0 heterocycles. The Kier molecular flexibility index (Phi) is 6.20. The zero-order valence-electron chi connectivity index (χ0n) is 16.4. The lowest BCUT2D eigenvalue weighted by molar-refractivity contribution is -0.124. The van der Waals surface area contributed by atoms with E-state index in [1.165, 1.54) is 17.7 Å².